The van der Waals surface area contributed by atoms with Crippen molar-refractivity contribution in [3.8, 4) is 0 Å². The molecule has 5 atom stereocenters. The molecule has 5 rings (SSSR count). The van der Waals surface area contributed by atoms with Gasteiger partial charge in [-0.15, -0.1) is 0 Å². The summed E-state index contributed by atoms with van der Waals surface area (Å²) < 4.78 is 5.68. The molecule has 4 aliphatic carbocycles. The van der Waals surface area contributed by atoms with Crippen molar-refractivity contribution in [1.82, 2.24) is 0 Å². The lowest BCUT2D eigenvalue weighted by Crippen LogP contribution is -2.41. The van der Waals surface area contributed by atoms with E-state index in [2.05, 4.69) is 0 Å². The average Bonchev–Trinajstić information content (AvgIpc) is 2.81. The van der Waals surface area contributed by atoms with E-state index in [9.17, 15) is 14.7 Å². The molecular weight excluding hydrogens is 256 g/mol. The van der Waals surface area contributed by atoms with Gasteiger partial charge in [0.15, 0.2) is 0 Å². The van der Waals surface area contributed by atoms with Gasteiger partial charge in [-0.1, -0.05) is 30.3 Å². The van der Waals surface area contributed by atoms with Gasteiger partial charge in [0.1, 0.15) is 11.2 Å². The van der Waals surface area contributed by atoms with Crippen LogP contribution in [-0.2, 0) is 20.9 Å². The van der Waals surface area contributed by atoms with Crippen molar-refractivity contribution in [3.63, 3.8) is 0 Å². The Morgan fingerprint density at radius 2 is 2.10 bits per heavy atom. The molecule has 104 valence electrons. The summed E-state index contributed by atoms with van der Waals surface area (Å²) in [6, 6.07) is 9.69. The molecule has 0 aliphatic heterocycles. The second-order valence-corrected chi connectivity index (χ2v) is 6.23. The second-order valence-electron chi connectivity index (χ2n) is 6.23. The van der Waals surface area contributed by atoms with Crippen LogP contribution in [-0.4, -0.2) is 23.5 Å². The third-order valence-electron chi connectivity index (χ3n) is 5.42. The summed E-state index contributed by atoms with van der Waals surface area (Å²) in [6.45, 7) is 0.560. The highest BCUT2D eigenvalue weighted by Gasteiger charge is 2.83. The van der Waals surface area contributed by atoms with Crippen molar-refractivity contribution in [3.05, 3.63) is 35.9 Å². The number of carbonyl (C=O) groups is 2. The standard InChI is InChI=1S/C16H16O4/c17-14-11-6-10-12(14)13(10)16(11,15(18)19)8-20-7-9-4-2-1-3-5-9/h1-5,10-13H,6-8H2,(H,18,19). The van der Waals surface area contributed by atoms with Gasteiger partial charge in [0.05, 0.1) is 13.2 Å². The van der Waals surface area contributed by atoms with E-state index in [1.165, 1.54) is 0 Å². The molecule has 4 aliphatic rings. The molecular formula is C16H16O4. The predicted octanol–water partition coefficient (Wildman–Crippen LogP) is 1.74. The van der Waals surface area contributed by atoms with E-state index in [-0.39, 0.29) is 30.1 Å². The molecule has 0 heterocycles. The fraction of sp³-hybridized carbons (Fsp3) is 0.500. The maximum Gasteiger partial charge on any atom is 0.313 e. The zero-order valence-corrected chi connectivity index (χ0v) is 11.0. The quantitative estimate of drug-likeness (QED) is 0.886. The van der Waals surface area contributed by atoms with Gasteiger partial charge >= 0.3 is 5.97 Å². The number of rotatable bonds is 5. The number of ketones is 1. The van der Waals surface area contributed by atoms with E-state index >= 15 is 0 Å². The first kappa shape index (κ1) is 12.1. The molecule has 4 saturated carbocycles. The summed E-state index contributed by atoms with van der Waals surface area (Å²) >= 11 is 0. The van der Waals surface area contributed by atoms with Crippen LogP contribution in [0.2, 0.25) is 0 Å². The smallest absolute Gasteiger partial charge is 0.313 e. The van der Waals surface area contributed by atoms with Gasteiger partial charge in [0.2, 0.25) is 0 Å². The van der Waals surface area contributed by atoms with Crippen molar-refractivity contribution in [2.75, 3.05) is 6.61 Å². The Morgan fingerprint density at radius 3 is 2.60 bits per heavy atom. The molecule has 0 amide bonds. The highest BCUT2D eigenvalue weighted by Crippen LogP contribution is 2.76. The van der Waals surface area contributed by atoms with Gasteiger partial charge in [-0.05, 0) is 23.8 Å². The van der Waals surface area contributed by atoms with Crippen LogP contribution < -0.4 is 0 Å². The fourth-order valence-electron chi connectivity index (χ4n) is 4.54. The van der Waals surface area contributed by atoms with E-state index < -0.39 is 11.4 Å². The molecule has 1 aromatic rings. The fourth-order valence-corrected chi connectivity index (χ4v) is 4.54. The lowest BCUT2D eigenvalue weighted by atomic mass is 9.79. The number of hydrogen-bond acceptors (Lipinski definition) is 3. The number of carboxylic acid groups (broad SMARTS) is 1. The van der Waals surface area contributed by atoms with Crippen molar-refractivity contribution in [2.45, 2.75) is 13.0 Å². The Kier molecular flexibility index (Phi) is 2.37. The minimum absolute atomic E-state index is 0.0245. The molecule has 4 fully saturated rings. The SMILES string of the molecule is O=C1C2C3CC1C(COCc1ccccc1)(C(=O)O)C32. The second kappa shape index (κ2) is 3.92. The van der Waals surface area contributed by atoms with Crippen molar-refractivity contribution >= 4 is 11.8 Å². The highest BCUT2D eigenvalue weighted by molar-refractivity contribution is 6.00. The minimum Gasteiger partial charge on any atom is -0.481 e. The topological polar surface area (TPSA) is 63.6 Å². The predicted molar refractivity (Wildman–Crippen MR) is 69.8 cm³/mol. The molecule has 5 unspecified atom stereocenters. The third kappa shape index (κ3) is 1.35. The molecule has 20 heavy (non-hydrogen) atoms. The lowest BCUT2D eigenvalue weighted by Gasteiger charge is -2.27. The van der Waals surface area contributed by atoms with Crippen LogP contribution in [0, 0.1) is 29.1 Å². The van der Waals surface area contributed by atoms with Crippen molar-refractivity contribution in [1.29, 1.82) is 0 Å². The number of ether oxygens (including phenoxy) is 1. The van der Waals surface area contributed by atoms with Crippen LogP contribution in [0.1, 0.15) is 12.0 Å². The normalized spacial score (nSPS) is 40.1. The van der Waals surface area contributed by atoms with E-state index in [0.29, 0.717) is 12.5 Å². The first-order valence-corrected chi connectivity index (χ1v) is 7.05. The molecule has 1 N–H and O–H groups in total. The Hall–Kier alpha value is -1.68. The highest BCUT2D eigenvalue weighted by atomic mass is 16.5. The van der Waals surface area contributed by atoms with Gasteiger partial charge in [0, 0.05) is 11.8 Å². The van der Waals surface area contributed by atoms with Crippen molar-refractivity contribution in [2.24, 2.45) is 29.1 Å². The first-order chi connectivity index (χ1) is 9.66. The molecule has 1 aromatic carbocycles. The van der Waals surface area contributed by atoms with Crippen LogP contribution in [0.3, 0.4) is 0 Å². The maximum atomic E-state index is 12.0. The summed E-state index contributed by atoms with van der Waals surface area (Å²) in [5, 5.41) is 9.64. The van der Waals surface area contributed by atoms with Gasteiger partial charge < -0.3 is 9.84 Å². The number of hydrogen-bond donors (Lipinski definition) is 1. The van der Waals surface area contributed by atoms with E-state index in [4.69, 9.17) is 4.74 Å². The summed E-state index contributed by atoms with van der Waals surface area (Å²) in [6.07, 6.45) is 0.759. The lowest BCUT2D eigenvalue weighted by molar-refractivity contribution is -0.158. The summed E-state index contributed by atoms with van der Waals surface area (Å²) in [5.41, 5.74) is 0.0818. The van der Waals surface area contributed by atoms with E-state index in [0.717, 1.165) is 12.0 Å². The van der Waals surface area contributed by atoms with Crippen LogP contribution in [0.15, 0.2) is 30.3 Å². The average molecular weight is 272 g/mol. The first-order valence-electron chi connectivity index (χ1n) is 7.05. The van der Waals surface area contributed by atoms with Crippen LogP contribution in [0.4, 0.5) is 0 Å². The molecule has 0 aromatic heterocycles. The van der Waals surface area contributed by atoms with E-state index in [1.807, 2.05) is 30.3 Å². The van der Waals surface area contributed by atoms with Gasteiger partial charge in [-0.2, -0.15) is 0 Å². The molecule has 4 nitrogen and oxygen atoms in total. The molecule has 4 bridgehead atoms. The van der Waals surface area contributed by atoms with Gasteiger partial charge in [0.25, 0.3) is 0 Å². The Bertz CT molecular complexity index is 581. The molecule has 0 radical (unpaired) electrons. The number of benzene rings is 1. The molecule has 0 saturated heterocycles. The zero-order valence-electron chi connectivity index (χ0n) is 11.0. The Balaban J connectivity index is 1.49. The monoisotopic (exact) mass is 272 g/mol. The van der Waals surface area contributed by atoms with Crippen LogP contribution in [0.25, 0.3) is 0 Å². The number of carboxylic acids is 1. The molecule has 0 spiro atoms. The summed E-state index contributed by atoms with van der Waals surface area (Å²) in [4.78, 5) is 23.8. The molecule has 4 heteroatoms. The van der Waals surface area contributed by atoms with E-state index in [1.54, 1.807) is 0 Å². The minimum atomic E-state index is -0.943. The Labute approximate surface area is 116 Å². The summed E-state index contributed by atoms with van der Waals surface area (Å²) in [7, 11) is 0. The zero-order chi connectivity index (χ0) is 13.9. The largest absolute Gasteiger partial charge is 0.481 e. The Morgan fingerprint density at radius 1 is 1.35 bits per heavy atom. The number of aliphatic carboxylic acids is 1. The van der Waals surface area contributed by atoms with Gasteiger partial charge in [-0.25, -0.2) is 0 Å². The number of carbonyl (C=O) groups excluding carboxylic acids is 1. The van der Waals surface area contributed by atoms with Crippen LogP contribution in [0.5, 0.6) is 0 Å². The van der Waals surface area contributed by atoms with Crippen molar-refractivity contribution < 1.29 is 19.4 Å². The van der Waals surface area contributed by atoms with Gasteiger partial charge in [-0.3, -0.25) is 9.59 Å². The number of Topliss-reactive ketones (excluding diaryl/α,β-unsaturated/α-hetero) is 1. The third-order valence-corrected chi connectivity index (χ3v) is 5.42. The van der Waals surface area contributed by atoms with Crippen LogP contribution >= 0.6 is 0 Å². The maximum absolute atomic E-state index is 12.0. The summed E-state index contributed by atoms with van der Waals surface area (Å²) in [5.74, 6) is -0.605.